The number of nitriles is 1. The van der Waals surface area contributed by atoms with Crippen molar-refractivity contribution >= 4 is 5.82 Å². The molecule has 0 aliphatic rings. The summed E-state index contributed by atoms with van der Waals surface area (Å²) in [7, 11) is 0. The fourth-order valence-electron chi connectivity index (χ4n) is 1.23. The molecule has 1 rings (SSSR count). The van der Waals surface area contributed by atoms with Crippen molar-refractivity contribution in [1.29, 1.82) is 5.26 Å². The van der Waals surface area contributed by atoms with Gasteiger partial charge in [0.25, 0.3) is 0 Å². The van der Waals surface area contributed by atoms with Crippen molar-refractivity contribution in [3.8, 4) is 6.07 Å². The molecule has 1 heterocycles. The molecule has 4 nitrogen and oxygen atoms in total. The normalized spacial score (nSPS) is 9.85. The predicted molar refractivity (Wildman–Crippen MR) is 50.8 cm³/mol. The van der Waals surface area contributed by atoms with E-state index >= 15 is 0 Å². The van der Waals surface area contributed by atoms with E-state index in [-0.39, 0.29) is 0 Å². The van der Waals surface area contributed by atoms with Crippen molar-refractivity contribution in [2.45, 2.75) is 32.7 Å². The van der Waals surface area contributed by atoms with E-state index in [1.807, 2.05) is 17.7 Å². The second kappa shape index (κ2) is 4.51. The number of nitrogen functional groups attached to an aromatic ring is 1. The minimum absolute atomic E-state index is 0.567. The quantitative estimate of drug-likeness (QED) is 0.710. The Bertz CT molecular complexity index is 308. The van der Waals surface area contributed by atoms with Crippen LogP contribution in [0.1, 0.15) is 25.0 Å². The Morgan fingerprint density at radius 2 is 2.38 bits per heavy atom. The van der Waals surface area contributed by atoms with Crippen LogP contribution in [0, 0.1) is 18.3 Å². The smallest absolute Gasteiger partial charge is 0.145 e. The number of nitrogens with two attached hydrogens (primary N) is 1. The number of anilines is 1. The molecule has 4 heteroatoms. The number of hydrogen-bond acceptors (Lipinski definition) is 3. The highest BCUT2D eigenvalue weighted by Gasteiger charge is 1.99. The highest BCUT2D eigenvalue weighted by molar-refractivity contribution is 5.28. The van der Waals surface area contributed by atoms with Gasteiger partial charge in [-0.05, 0) is 19.8 Å². The fourth-order valence-corrected chi connectivity index (χ4v) is 1.23. The van der Waals surface area contributed by atoms with Crippen LogP contribution in [0.2, 0.25) is 0 Å². The van der Waals surface area contributed by atoms with E-state index in [2.05, 4.69) is 11.2 Å². The molecule has 1 aromatic rings. The highest BCUT2D eigenvalue weighted by Crippen LogP contribution is 2.06. The molecular weight excluding hydrogens is 164 g/mol. The van der Waals surface area contributed by atoms with Crippen LogP contribution in [0.25, 0.3) is 0 Å². The lowest BCUT2D eigenvalue weighted by molar-refractivity contribution is 0.552. The molecule has 70 valence electrons. The molecule has 0 saturated heterocycles. The molecular formula is C9H14N4. The third kappa shape index (κ3) is 2.79. The lowest BCUT2D eigenvalue weighted by Crippen LogP contribution is -2.02. The molecule has 0 spiro atoms. The van der Waals surface area contributed by atoms with Gasteiger partial charge in [0.1, 0.15) is 5.82 Å². The van der Waals surface area contributed by atoms with Crippen molar-refractivity contribution < 1.29 is 0 Å². The van der Waals surface area contributed by atoms with E-state index in [4.69, 9.17) is 11.0 Å². The Labute approximate surface area is 78.0 Å². The van der Waals surface area contributed by atoms with E-state index in [0.29, 0.717) is 12.2 Å². The van der Waals surface area contributed by atoms with Crippen molar-refractivity contribution in [2.75, 3.05) is 5.73 Å². The lowest BCUT2D eigenvalue weighted by atomic mass is 10.2. The molecule has 0 saturated carbocycles. The second-order valence-corrected chi connectivity index (χ2v) is 3.05. The Balaban J connectivity index is 2.37. The Morgan fingerprint density at radius 3 is 2.92 bits per heavy atom. The van der Waals surface area contributed by atoms with Gasteiger partial charge in [-0.1, -0.05) is 0 Å². The van der Waals surface area contributed by atoms with E-state index in [1.54, 1.807) is 0 Å². The molecule has 0 bridgehead atoms. The van der Waals surface area contributed by atoms with Crippen LogP contribution in [0.4, 0.5) is 5.82 Å². The van der Waals surface area contributed by atoms with Gasteiger partial charge in [0, 0.05) is 24.7 Å². The van der Waals surface area contributed by atoms with Crippen LogP contribution < -0.4 is 5.73 Å². The summed E-state index contributed by atoms with van der Waals surface area (Å²) in [6, 6.07) is 3.97. The summed E-state index contributed by atoms with van der Waals surface area (Å²) >= 11 is 0. The zero-order valence-corrected chi connectivity index (χ0v) is 7.82. The molecule has 0 atom stereocenters. The molecule has 1 aromatic heterocycles. The SMILES string of the molecule is Cc1cc(N)nn1CCCCC#N. The van der Waals surface area contributed by atoms with Gasteiger partial charge in [0.15, 0.2) is 0 Å². The Hall–Kier alpha value is -1.50. The van der Waals surface area contributed by atoms with Gasteiger partial charge in [-0.25, -0.2) is 0 Å². The van der Waals surface area contributed by atoms with Gasteiger partial charge >= 0.3 is 0 Å². The number of hydrogen-bond donors (Lipinski definition) is 1. The minimum atomic E-state index is 0.567. The van der Waals surface area contributed by atoms with Crippen LogP contribution in [-0.4, -0.2) is 9.78 Å². The summed E-state index contributed by atoms with van der Waals surface area (Å²) < 4.78 is 1.88. The van der Waals surface area contributed by atoms with Crippen molar-refractivity contribution in [3.63, 3.8) is 0 Å². The molecule has 0 aliphatic heterocycles. The standard InChI is InChI=1S/C9H14N4/c1-8-7-9(11)12-13(8)6-4-2-3-5-10/h7H,2-4,6H2,1H3,(H2,11,12). The summed E-state index contributed by atoms with van der Waals surface area (Å²) in [4.78, 5) is 0. The van der Waals surface area contributed by atoms with E-state index < -0.39 is 0 Å². The van der Waals surface area contributed by atoms with Gasteiger partial charge in [-0.3, -0.25) is 4.68 Å². The van der Waals surface area contributed by atoms with Crippen LogP contribution in [0.5, 0.6) is 0 Å². The number of nitrogens with zero attached hydrogens (tertiary/aromatic N) is 3. The van der Waals surface area contributed by atoms with Crippen LogP contribution >= 0.6 is 0 Å². The molecule has 0 unspecified atom stereocenters. The summed E-state index contributed by atoms with van der Waals surface area (Å²) in [5, 5.41) is 12.4. The summed E-state index contributed by atoms with van der Waals surface area (Å²) in [5.74, 6) is 0.567. The van der Waals surface area contributed by atoms with Gasteiger partial charge in [0.2, 0.25) is 0 Å². The van der Waals surface area contributed by atoms with Crippen molar-refractivity contribution in [1.82, 2.24) is 9.78 Å². The first-order valence-corrected chi connectivity index (χ1v) is 4.41. The Morgan fingerprint density at radius 1 is 1.62 bits per heavy atom. The van der Waals surface area contributed by atoms with Crippen molar-refractivity contribution in [3.05, 3.63) is 11.8 Å². The monoisotopic (exact) mass is 178 g/mol. The molecule has 13 heavy (non-hydrogen) atoms. The molecule has 2 N–H and O–H groups in total. The largest absolute Gasteiger partial charge is 0.382 e. The first-order chi connectivity index (χ1) is 6.24. The van der Waals surface area contributed by atoms with Gasteiger partial charge in [-0.2, -0.15) is 10.4 Å². The summed E-state index contributed by atoms with van der Waals surface area (Å²) in [6.07, 6.45) is 2.53. The lowest BCUT2D eigenvalue weighted by Gasteiger charge is -2.01. The average Bonchev–Trinajstić information content (AvgIpc) is 2.39. The zero-order chi connectivity index (χ0) is 9.68. The zero-order valence-electron chi connectivity index (χ0n) is 7.82. The van der Waals surface area contributed by atoms with E-state index in [9.17, 15) is 0 Å². The molecule has 0 fully saturated rings. The van der Waals surface area contributed by atoms with E-state index in [0.717, 1.165) is 25.1 Å². The average molecular weight is 178 g/mol. The maximum Gasteiger partial charge on any atom is 0.145 e. The van der Waals surface area contributed by atoms with Crippen LogP contribution in [-0.2, 0) is 6.54 Å². The molecule has 0 aliphatic carbocycles. The van der Waals surface area contributed by atoms with Gasteiger partial charge in [-0.15, -0.1) is 0 Å². The number of aryl methyl sites for hydroxylation is 2. The number of unbranched alkanes of at least 4 members (excludes halogenated alkanes) is 2. The van der Waals surface area contributed by atoms with Gasteiger partial charge in [0.05, 0.1) is 6.07 Å². The second-order valence-electron chi connectivity index (χ2n) is 3.05. The first kappa shape index (κ1) is 9.59. The van der Waals surface area contributed by atoms with E-state index in [1.165, 1.54) is 0 Å². The first-order valence-electron chi connectivity index (χ1n) is 4.41. The van der Waals surface area contributed by atoms with Crippen LogP contribution in [0.15, 0.2) is 6.07 Å². The maximum absolute atomic E-state index is 8.33. The maximum atomic E-state index is 8.33. The fraction of sp³-hybridized carbons (Fsp3) is 0.556. The molecule has 0 radical (unpaired) electrons. The highest BCUT2D eigenvalue weighted by atomic mass is 15.3. The molecule has 0 amide bonds. The third-order valence-electron chi connectivity index (χ3n) is 1.91. The number of rotatable bonds is 4. The minimum Gasteiger partial charge on any atom is -0.382 e. The van der Waals surface area contributed by atoms with Gasteiger partial charge < -0.3 is 5.73 Å². The predicted octanol–water partition coefficient (Wildman–Crippen LogP) is 1.47. The van der Waals surface area contributed by atoms with Crippen LogP contribution in [0.3, 0.4) is 0 Å². The van der Waals surface area contributed by atoms with Crippen molar-refractivity contribution in [2.24, 2.45) is 0 Å². The third-order valence-corrected chi connectivity index (χ3v) is 1.91. The molecule has 0 aromatic carbocycles. The summed E-state index contributed by atoms with van der Waals surface area (Å²) in [6.45, 7) is 2.83. The topological polar surface area (TPSA) is 67.6 Å². The Kier molecular flexibility index (Phi) is 3.32. The number of aromatic nitrogens is 2. The summed E-state index contributed by atoms with van der Waals surface area (Å²) in [5.41, 5.74) is 6.60.